The first-order valence-corrected chi connectivity index (χ1v) is 7.82. The zero-order valence-electron chi connectivity index (χ0n) is 13.7. The summed E-state index contributed by atoms with van der Waals surface area (Å²) in [6.07, 6.45) is 0. The van der Waals surface area contributed by atoms with Crippen LogP contribution in [0.4, 0.5) is 0 Å². The van der Waals surface area contributed by atoms with Crippen molar-refractivity contribution in [2.24, 2.45) is 4.99 Å². The van der Waals surface area contributed by atoms with Crippen molar-refractivity contribution in [3.8, 4) is 11.5 Å². The Hall–Kier alpha value is -1.95. The minimum absolute atomic E-state index is 0.306. The van der Waals surface area contributed by atoms with Gasteiger partial charge in [0.2, 0.25) is 6.79 Å². The van der Waals surface area contributed by atoms with Crippen LogP contribution >= 0.6 is 0 Å². The average Bonchev–Trinajstić information content (AvgIpc) is 3.02. The van der Waals surface area contributed by atoms with Crippen molar-refractivity contribution in [2.45, 2.75) is 20.4 Å². The average molecular weight is 306 g/mol. The zero-order valence-corrected chi connectivity index (χ0v) is 13.7. The van der Waals surface area contributed by atoms with Gasteiger partial charge in [0.25, 0.3) is 0 Å². The van der Waals surface area contributed by atoms with Gasteiger partial charge in [-0.1, -0.05) is 19.9 Å². The molecule has 0 saturated carbocycles. The molecule has 0 bridgehead atoms. The maximum atomic E-state index is 5.39. The fourth-order valence-corrected chi connectivity index (χ4v) is 2.33. The van der Waals surface area contributed by atoms with Gasteiger partial charge in [0.1, 0.15) is 0 Å². The monoisotopic (exact) mass is 306 g/mol. The SMILES string of the molecule is CCN(CC)CCNC(=NC)NCc1ccc2c(c1)OCO2. The molecule has 0 amide bonds. The summed E-state index contributed by atoms with van der Waals surface area (Å²) in [7, 11) is 1.78. The van der Waals surface area contributed by atoms with Crippen molar-refractivity contribution >= 4 is 5.96 Å². The minimum atomic E-state index is 0.306. The van der Waals surface area contributed by atoms with E-state index in [1.54, 1.807) is 7.05 Å². The molecule has 0 fully saturated rings. The summed E-state index contributed by atoms with van der Waals surface area (Å²) in [5, 5.41) is 6.64. The van der Waals surface area contributed by atoms with Gasteiger partial charge in [-0.25, -0.2) is 0 Å². The van der Waals surface area contributed by atoms with Gasteiger partial charge >= 0.3 is 0 Å². The Morgan fingerprint density at radius 2 is 1.95 bits per heavy atom. The molecule has 2 N–H and O–H groups in total. The predicted molar refractivity (Wildman–Crippen MR) is 88.6 cm³/mol. The number of ether oxygens (including phenoxy) is 2. The molecule has 22 heavy (non-hydrogen) atoms. The first-order valence-electron chi connectivity index (χ1n) is 7.82. The Morgan fingerprint density at radius 1 is 1.18 bits per heavy atom. The van der Waals surface area contributed by atoms with Crippen LogP contribution in [0.5, 0.6) is 11.5 Å². The van der Waals surface area contributed by atoms with E-state index in [4.69, 9.17) is 9.47 Å². The highest BCUT2D eigenvalue weighted by molar-refractivity contribution is 5.79. The third-order valence-corrected chi connectivity index (χ3v) is 3.74. The highest BCUT2D eigenvalue weighted by Gasteiger charge is 2.13. The molecule has 1 aliphatic heterocycles. The number of nitrogens with one attached hydrogen (secondary N) is 2. The third kappa shape index (κ3) is 4.53. The number of hydrogen-bond acceptors (Lipinski definition) is 4. The smallest absolute Gasteiger partial charge is 0.231 e. The van der Waals surface area contributed by atoms with Crippen LogP contribution in [-0.2, 0) is 6.54 Å². The second kappa shape index (κ2) is 8.48. The van der Waals surface area contributed by atoms with Crippen LogP contribution in [0.15, 0.2) is 23.2 Å². The molecule has 1 aromatic rings. The van der Waals surface area contributed by atoms with Crippen molar-refractivity contribution in [1.82, 2.24) is 15.5 Å². The van der Waals surface area contributed by atoms with E-state index in [9.17, 15) is 0 Å². The van der Waals surface area contributed by atoms with Crippen LogP contribution in [0.2, 0.25) is 0 Å². The number of fused-ring (bicyclic) bond motifs is 1. The summed E-state index contributed by atoms with van der Waals surface area (Å²) in [5.41, 5.74) is 1.14. The molecule has 6 nitrogen and oxygen atoms in total. The molecule has 2 rings (SSSR count). The van der Waals surface area contributed by atoms with Crippen molar-refractivity contribution < 1.29 is 9.47 Å². The summed E-state index contributed by atoms with van der Waals surface area (Å²) in [6.45, 7) is 9.39. The topological polar surface area (TPSA) is 58.1 Å². The van der Waals surface area contributed by atoms with Crippen LogP contribution < -0.4 is 20.1 Å². The lowest BCUT2D eigenvalue weighted by Gasteiger charge is -2.19. The highest BCUT2D eigenvalue weighted by Crippen LogP contribution is 2.32. The first-order chi connectivity index (χ1) is 10.8. The van der Waals surface area contributed by atoms with E-state index < -0.39 is 0 Å². The molecule has 1 aliphatic rings. The van der Waals surface area contributed by atoms with E-state index in [1.807, 2.05) is 18.2 Å². The molecule has 122 valence electrons. The van der Waals surface area contributed by atoms with Gasteiger partial charge in [-0.3, -0.25) is 4.99 Å². The van der Waals surface area contributed by atoms with Crippen molar-refractivity contribution in [2.75, 3.05) is 40.0 Å². The molecule has 0 unspecified atom stereocenters. The quantitative estimate of drug-likeness (QED) is 0.589. The fraction of sp³-hybridized carbons (Fsp3) is 0.562. The summed E-state index contributed by atoms with van der Waals surface area (Å²) in [5.74, 6) is 2.43. The van der Waals surface area contributed by atoms with E-state index >= 15 is 0 Å². The fourth-order valence-electron chi connectivity index (χ4n) is 2.33. The van der Waals surface area contributed by atoms with E-state index in [2.05, 4.69) is 34.4 Å². The van der Waals surface area contributed by atoms with Gasteiger partial charge in [0.15, 0.2) is 17.5 Å². The zero-order chi connectivity index (χ0) is 15.8. The molecule has 1 aromatic carbocycles. The third-order valence-electron chi connectivity index (χ3n) is 3.74. The van der Waals surface area contributed by atoms with Gasteiger partial charge in [0, 0.05) is 26.7 Å². The van der Waals surface area contributed by atoms with Gasteiger partial charge in [-0.2, -0.15) is 0 Å². The van der Waals surface area contributed by atoms with Crippen LogP contribution in [-0.4, -0.2) is 50.9 Å². The van der Waals surface area contributed by atoms with Gasteiger partial charge in [-0.05, 0) is 30.8 Å². The Bertz CT molecular complexity index is 501. The van der Waals surface area contributed by atoms with E-state index in [0.717, 1.165) is 49.2 Å². The predicted octanol–water partition coefficient (Wildman–Crippen LogP) is 1.42. The lowest BCUT2D eigenvalue weighted by Crippen LogP contribution is -2.41. The van der Waals surface area contributed by atoms with Crippen LogP contribution in [0.3, 0.4) is 0 Å². The molecule has 0 spiro atoms. The number of rotatable bonds is 7. The maximum Gasteiger partial charge on any atom is 0.231 e. The lowest BCUT2D eigenvalue weighted by molar-refractivity contribution is 0.174. The summed E-state index contributed by atoms with van der Waals surface area (Å²) in [4.78, 5) is 6.62. The molecule has 0 saturated heterocycles. The Balaban J connectivity index is 1.76. The number of benzene rings is 1. The second-order valence-corrected chi connectivity index (χ2v) is 5.07. The number of hydrogen-bond donors (Lipinski definition) is 2. The Labute approximate surface area is 132 Å². The Kier molecular flexibility index (Phi) is 6.33. The molecule has 0 radical (unpaired) electrons. The molecule has 0 aromatic heterocycles. The van der Waals surface area contributed by atoms with Crippen molar-refractivity contribution in [3.05, 3.63) is 23.8 Å². The van der Waals surface area contributed by atoms with Crippen LogP contribution in [0.25, 0.3) is 0 Å². The maximum absolute atomic E-state index is 5.39. The van der Waals surface area contributed by atoms with Crippen molar-refractivity contribution in [1.29, 1.82) is 0 Å². The molecule has 0 aliphatic carbocycles. The number of aliphatic imine (C=N–C) groups is 1. The molecule has 0 atom stereocenters. The standard InChI is InChI=1S/C16H26N4O2/c1-4-20(5-2)9-8-18-16(17-3)19-11-13-6-7-14-15(10-13)22-12-21-14/h6-7,10H,4-5,8-9,11-12H2,1-3H3,(H2,17,18,19). The first kappa shape index (κ1) is 16.4. The molecular weight excluding hydrogens is 280 g/mol. The van der Waals surface area contributed by atoms with Gasteiger partial charge < -0.3 is 25.0 Å². The highest BCUT2D eigenvalue weighted by atomic mass is 16.7. The Morgan fingerprint density at radius 3 is 2.68 bits per heavy atom. The summed E-state index contributed by atoms with van der Waals surface area (Å²) >= 11 is 0. The number of guanidine groups is 1. The summed E-state index contributed by atoms with van der Waals surface area (Å²) < 4.78 is 10.7. The van der Waals surface area contributed by atoms with Crippen LogP contribution in [0.1, 0.15) is 19.4 Å². The lowest BCUT2D eigenvalue weighted by atomic mass is 10.2. The second-order valence-electron chi connectivity index (χ2n) is 5.07. The molecule has 6 heteroatoms. The largest absolute Gasteiger partial charge is 0.454 e. The van der Waals surface area contributed by atoms with Crippen molar-refractivity contribution in [3.63, 3.8) is 0 Å². The van der Waals surface area contributed by atoms with E-state index in [-0.39, 0.29) is 0 Å². The van der Waals surface area contributed by atoms with E-state index in [0.29, 0.717) is 13.3 Å². The number of likely N-dealkylation sites (N-methyl/N-ethyl adjacent to an activating group) is 1. The van der Waals surface area contributed by atoms with E-state index in [1.165, 1.54) is 0 Å². The van der Waals surface area contributed by atoms with Crippen LogP contribution in [0, 0.1) is 0 Å². The molecular formula is C16H26N4O2. The van der Waals surface area contributed by atoms with Gasteiger partial charge in [-0.15, -0.1) is 0 Å². The molecule has 1 heterocycles. The normalized spacial score (nSPS) is 13.5. The summed E-state index contributed by atoms with van der Waals surface area (Å²) in [6, 6.07) is 5.97. The minimum Gasteiger partial charge on any atom is -0.454 e. The number of nitrogens with zero attached hydrogens (tertiary/aromatic N) is 2. The van der Waals surface area contributed by atoms with Gasteiger partial charge in [0.05, 0.1) is 0 Å².